The Bertz CT molecular complexity index is 852. The summed E-state index contributed by atoms with van der Waals surface area (Å²) in [4.78, 5) is 12.6. The van der Waals surface area contributed by atoms with E-state index in [9.17, 15) is 22.0 Å². The topological polar surface area (TPSA) is 111 Å². The average molecular weight is 418 g/mol. The van der Waals surface area contributed by atoms with Gasteiger partial charge in [0.25, 0.3) is 5.91 Å². The van der Waals surface area contributed by atoms with E-state index in [1.807, 2.05) is 0 Å². The average Bonchev–Trinajstić information content (AvgIpc) is 2.58. The molecule has 0 radical (unpaired) electrons. The predicted molar refractivity (Wildman–Crippen MR) is 102 cm³/mol. The molecule has 0 spiro atoms. The molecule has 4 N–H and O–H groups in total. The number of amides is 1. The Morgan fingerprint density at radius 2 is 2.00 bits per heavy atom. The van der Waals surface area contributed by atoms with Gasteiger partial charge in [-0.25, -0.2) is 21.9 Å². The van der Waals surface area contributed by atoms with E-state index >= 15 is 0 Å². The lowest BCUT2D eigenvalue weighted by atomic mass is 10.2. The van der Waals surface area contributed by atoms with E-state index < -0.39 is 32.8 Å². The molecular formula is C16H20F2N4O3S2. The third kappa shape index (κ3) is 5.75. The van der Waals surface area contributed by atoms with Crippen LogP contribution < -0.4 is 15.4 Å². The summed E-state index contributed by atoms with van der Waals surface area (Å²) in [6.07, 6.45) is 0.942. The van der Waals surface area contributed by atoms with Crippen LogP contribution in [0.2, 0.25) is 0 Å². The molecule has 1 atom stereocenters. The molecule has 1 aromatic carbocycles. The third-order valence-corrected chi connectivity index (χ3v) is 6.73. The normalized spacial score (nSPS) is 17.6. The fourth-order valence-corrected chi connectivity index (χ4v) is 3.98. The van der Waals surface area contributed by atoms with Crippen LogP contribution in [0.3, 0.4) is 0 Å². The van der Waals surface area contributed by atoms with Gasteiger partial charge in [0.05, 0.1) is 15.9 Å². The monoisotopic (exact) mass is 418 g/mol. The number of nitrogens with one attached hydrogen (secondary N) is 4. The van der Waals surface area contributed by atoms with Gasteiger partial charge in [0.1, 0.15) is 11.6 Å². The smallest absolute Gasteiger partial charge is 0.264 e. The molecular weight excluding hydrogens is 398 g/mol. The minimum atomic E-state index is -3.42. The molecule has 1 aromatic rings. The van der Waals surface area contributed by atoms with Gasteiger partial charge in [0, 0.05) is 36.3 Å². The Balaban J connectivity index is 2.07. The van der Waals surface area contributed by atoms with E-state index in [0.29, 0.717) is 11.8 Å². The van der Waals surface area contributed by atoms with E-state index in [1.54, 1.807) is 13.8 Å². The molecule has 1 aliphatic heterocycles. The molecule has 0 bridgehead atoms. The van der Waals surface area contributed by atoms with Gasteiger partial charge in [0.15, 0.2) is 0 Å². The van der Waals surface area contributed by atoms with Crippen LogP contribution in [0.5, 0.6) is 0 Å². The minimum absolute atomic E-state index is 0.0400. The lowest BCUT2D eigenvalue weighted by molar-refractivity contribution is -0.112. The van der Waals surface area contributed by atoms with Gasteiger partial charge in [-0.2, -0.15) is 0 Å². The highest BCUT2D eigenvalue weighted by Gasteiger charge is 2.26. The van der Waals surface area contributed by atoms with Crippen molar-refractivity contribution in [2.45, 2.75) is 25.1 Å². The highest BCUT2D eigenvalue weighted by molar-refractivity contribution is 8.04. The van der Waals surface area contributed by atoms with Crippen molar-refractivity contribution in [1.29, 1.82) is 5.41 Å². The molecule has 0 saturated carbocycles. The Kier molecular flexibility index (Phi) is 6.95. The number of rotatable bonds is 7. The molecule has 2 rings (SSSR count). The van der Waals surface area contributed by atoms with Crippen LogP contribution in [0, 0.1) is 17.0 Å². The third-order valence-electron chi connectivity index (χ3n) is 3.66. The number of sulfonamides is 1. The number of anilines is 1. The summed E-state index contributed by atoms with van der Waals surface area (Å²) in [7, 11) is -3.42. The second-order valence-electron chi connectivity index (χ2n) is 6.09. The van der Waals surface area contributed by atoms with Crippen LogP contribution in [0.15, 0.2) is 28.8 Å². The van der Waals surface area contributed by atoms with Crippen molar-refractivity contribution in [2.75, 3.05) is 17.6 Å². The fraction of sp³-hybridized carbons (Fsp3) is 0.375. The SMILES string of the molecule is CC(C)S(=O)(=O)NCC1CSC(C(=O)Nc2cc(F)cc(F)c2)=C(C=N)N1. The highest BCUT2D eigenvalue weighted by atomic mass is 32.2. The Labute approximate surface area is 160 Å². The Morgan fingerprint density at radius 1 is 1.37 bits per heavy atom. The van der Waals surface area contributed by atoms with Gasteiger partial charge in [-0.05, 0) is 26.0 Å². The van der Waals surface area contributed by atoms with Crippen molar-refractivity contribution in [3.63, 3.8) is 0 Å². The lowest BCUT2D eigenvalue weighted by Crippen LogP contribution is -2.46. The first kappa shape index (κ1) is 21.3. The minimum Gasteiger partial charge on any atom is -0.378 e. The molecule has 1 unspecified atom stereocenters. The number of hydrogen-bond donors (Lipinski definition) is 4. The van der Waals surface area contributed by atoms with Gasteiger partial charge >= 0.3 is 0 Å². The number of benzene rings is 1. The maximum atomic E-state index is 13.2. The van der Waals surface area contributed by atoms with Gasteiger partial charge in [-0.1, -0.05) is 0 Å². The maximum absolute atomic E-state index is 13.2. The van der Waals surface area contributed by atoms with Crippen LogP contribution in [-0.4, -0.2) is 44.1 Å². The standard InChI is InChI=1S/C16H20F2N4O3S2/c1-9(2)27(24,25)20-7-13-8-26-15(14(6-19)21-13)16(23)22-12-4-10(17)3-11(18)5-12/h3-6,9,13,19-21H,7-8H2,1-2H3,(H,22,23). The van der Waals surface area contributed by atoms with Crippen molar-refractivity contribution in [3.05, 3.63) is 40.4 Å². The molecule has 7 nitrogen and oxygen atoms in total. The molecule has 148 valence electrons. The van der Waals surface area contributed by atoms with E-state index in [1.165, 1.54) is 0 Å². The molecule has 0 fully saturated rings. The van der Waals surface area contributed by atoms with E-state index in [4.69, 9.17) is 5.41 Å². The number of hydrogen-bond acceptors (Lipinski definition) is 6. The summed E-state index contributed by atoms with van der Waals surface area (Å²) in [5.74, 6) is -1.88. The predicted octanol–water partition coefficient (Wildman–Crippen LogP) is 1.80. The molecule has 1 aliphatic rings. The summed E-state index contributed by atoms with van der Waals surface area (Å²) in [5, 5.41) is 12.2. The molecule has 0 aromatic heterocycles. The van der Waals surface area contributed by atoms with Crippen LogP contribution >= 0.6 is 11.8 Å². The van der Waals surface area contributed by atoms with Gasteiger partial charge < -0.3 is 16.0 Å². The second-order valence-corrected chi connectivity index (χ2v) is 9.45. The molecule has 11 heteroatoms. The molecule has 1 heterocycles. The molecule has 1 amide bonds. The van der Waals surface area contributed by atoms with Crippen molar-refractivity contribution < 1.29 is 22.0 Å². The molecule has 0 aliphatic carbocycles. The maximum Gasteiger partial charge on any atom is 0.264 e. The number of allylic oxidation sites excluding steroid dienone is 1. The highest BCUT2D eigenvalue weighted by Crippen LogP contribution is 2.26. The second kappa shape index (κ2) is 8.81. The zero-order valence-corrected chi connectivity index (χ0v) is 16.3. The first-order chi connectivity index (χ1) is 12.6. The van der Waals surface area contributed by atoms with Crippen LogP contribution in [0.25, 0.3) is 0 Å². The van der Waals surface area contributed by atoms with Crippen LogP contribution in [0.1, 0.15) is 13.8 Å². The van der Waals surface area contributed by atoms with E-state index in [2.05, 4.69) is 15.4 Å². The first-order valence-corrected chi connectivity index (χ1v) is 10.6. The number of thioether (sulfide) groups is 1. The number of halogens is 2. The van der Waals surface area contributed by atoms with Gasteiger partial charge in [0.2, 0.25) is 10.0 Å². The zero-order valence-electron chi connectivity index (χ0n) is 14.7. The molecule has 27 heavy (non-hydrogen) atoms. The quantitative estimate of drug-likeness (QED) is 0.505. The van der Waals surface area contributed by atoms with Crippen molar-refractivity contribution in [3.8, 4) is 0 Å². The Hall–Kier alpha value is -1.98. The number of carbonyl (C=O) groups excluding carboxylic acids is 1. The summed E-state index contributed by atoms with van der Waals surface area (Å²) in [6.45, 7) is 3.23. The van der Waals surface area contributed by atoms with Gasteiger partial charge in [-0.15, -0.1) is 11.8 Å². The summed E-state index contributed by atoms with van der Waals surface area (Å²) < 4.78 is 52.6. The van der Waals surface area contributed by atoms with Crippen LogP contribution in [0.4, 0.5) is 14.5 Å². The lowest BCUT2D eigenvalue weighted by Gasteiger charge is -2.27. The largest absolute Gasteiger partial charge is 0.378 e. The number of carbonyl (C=O) groups is 1. The van der Waals surface area contributed by atoms with Crippen LogP contribution in [-0.2, 0) is 14.8 Å². The fourth-order valence-electron chi connectivity index (χ4n) is 2.19. The summed E-state index contributed by atoms with van der Waals surface area (Å²) >= 11 is 1.13. The first-order valence-electron chi connectivity index (χ1n) is 8.02. The van der Waals surface area contributed by atoms with Crippen molar-refractivity contribution in [1.82, 2.24) is 10.0 Å². The van der Waals surface area contributed by atoms with E-state index in [-0.39, 0.29) is 28.9 Å². The van der Waals surface area contributed by atoms with Crippen molar-refractivity contribution >= 4 is 39.6 Å². The van der Waals surface area contributed by atoms with E-state index in [0.717, 1.165) is 30.1 Å². The van der Waals surface area contributed by atoms with Crippen molar-refractivity contribution in [2.24, 2.45) is 0 Å². The molecule has 0 saturated heterocycles. The zero-order chi connectivity index (χ0) is 20.2. The summed E-state index contributed by atoms with van der Waals surface area (Å²) in [5.41, 5.74) is 0.163. The van der Waals surface area contributed by atoms with Gasteiger partial charge in [-0.3, -0.25) is 4.79 Å². The Morgan fingerprint density at radius 3 is 2.56 bits per heavy atom. The summed E-state index contributed by atoms with van der Waals surface area (Å²) in [6, 6.07) is 2.34.